The number of benzene rings is 1. The standard InChI is InChI=1S/C15H16N3O6P/c19-14(11-4-2-1-3-5-11)16-13-6-7-18(15(20)17-13)8-12-9-24-25(21,22)10-23-12/h1-7,12H,8-10H2,(H,21,22)(H,16,17,19,20)/t12-/m0/s1. The molecule has 10 heteroatoms. The zero-order chi connectivity index (χ0) is 17.9. The van der Waals surface area contributed by atoms with Gasteiger partial charge < -0.3 is 19.5 Å². The first-order chi connectivity index (χ1) is 11.9. The molecule has 132 valence electrons. The van der Waals surface area contributed by atoms with Gasteiger partial charge >= 0.3 is 13.3 Å². The molecule has 3 rings (SSSR count). The van der Waals surface area contributed by atoms with Crippen molar-refractivity contribution in [3.8, 4) is 0 Å². The highest BCUT2D eigenvalue weighted by molar-refractivity contribution is 7.52. The molecule has 0 spiro atoms. The maximum absolute atomic E-state index is 12.1. The highest BCUT2D eigenvalue weighted by atomic mass is 31.2. The van der Waals surface area contributed by atoms with E-state index in [1.54, 1.807) is 30.3 Å². The van der Waals surface area contributed by atoms with E-state index >= 15 is 0 Å². The lowest BCUT2D eigenvalue weighted by atomic mass is 10.2. The predicted octanol–water partition coefficient (Wildman–Crippen LogP) is 1.05. The van der Waals surface area contributed by atoms with E-state index in [1.807, 2.05) is 0 Å². The third-order valence-corrected chi connectivity index (χ3v) is 4.52. The average molecular weight is 365 g/mol. The maximum atomic E-state index is 12.1. The Hall–Kier alpha value is -2.32. The zero-order valence-corrected chi connectivity index (χ0v) is 14.0. The van der Waals surface area contributed by atoms with Gasteiger partial charge in [0.05, 0.1) is 13.2 Å². The Morgan fingerprint density at radius 1 is 1.36 bits per heavy atom. The number of ether oxygens (including phenoxy) is 1. The van der Waals surface area contributed by atoms with Crippen LogP contribution in [0.4, 0.5) is 5.82 Å². The molecule has 0 bridgehead atoms. The molecule has 1 aliphatic heterocycles. The first kappa shape index (κ1) is 17.5. The monoisotopic (exact) mass is 365 g/mol. The quantitative estimate of drug-likeness (QED) is 0.777. The minimum Gasteiger partial charge on any atom is -0.361 e. The molecule has 0 radical (unpaired) electrons. The van der Waals surface area contributed by atoms with E-state index in [9.17, 15) is 19.0 Å². The van der Waals surface area contributed by atoms with E-state index in [0.717, 1.165) is 0 Å². The summed E-state index contributed by atoms with van der Waals surface area (Å²) in [6.45, 7) is 0.0332. The Balaban J connectivity index is 1.64. The van der Waals surface area contributed by atoms with Crippen molar-refractivity contribution in [2.24, 2.45) is 0 Å². The van der Waals surface area contributed by atoms with Crippen molar-refractivity contribution >= 4 is 19.3 Å². The number of nitrogens with one attached hydrogen (secondary N) is 1. The summed E-state index contributed by atoms with van der Waals surface area (Å²) in [6, 6.07) is 10.1. The zero-order valence-electron chi connectivity index (χ0n) is 13.1. The second kappa shape index (κ2) is 7.28. The van der Waals surface area contributed by atoms with Gasteiger partial charge in [-0.25, -0.2) is 4.79 Å². The summed E-state index contributed by atoms with van der Waals surface area (Å²) in [5, 5.41) is 2.55. The summed E-state index contributed by atoms with van der Waals surface area (Å²) in [4.78, 5) is 37.1. The molecule has 1 unspecified atom stereocenters. The van der Waals surface area contributed by atoms with Crippen LogP contribution in [0, 0.1) is 0 Å². The second-order valence-electron chi connectivity index (χ2n) is 5.42. The van der Waals surface area contributed by atoms with Crippen LogP contribution in [0.1, 0.15) is 10.4 Å². The minimum atomic E-state index is -3.67. The molecular formula is C15H16N3O6P. The van der Waals surface area contributed by atoms with Crippen LogP contribution in [-0.4, -0.2) is 39.4 Å². The number of hydrogen-bond donors (Lipinski definition) is 2. The van der Waals surface area contributed by atoms with Gasteiger partial charge in [0.2, 0.25) is 0 Å². The number of aromatic nitrogens is 2. The van der Waals surface area contributed by atoms with Crippen molar-refractivity contribution in [2.75, 3.05) is 18.3 Å². The second-order valence-corrected chi connectivity index (χ2v) is 7.21. The third kappa shape index (κ3) is 4.61. The van der Waals surface area contributed by atoms with Crippen molar-refractivity contribution in [2.45, 2.75) is 12.6 Å². The summed E-state index contributed by atoms with van der Waals surface area (Å²) < 4.78 is 22.5. The normalized spacial score (nSPS) is 23.2. The van der Waals surface area contributed by atoms with Crippen LogP contribution < -0.4 is 11.0 Å². The molecule has 1 saturated heterocycles. The first-order valence-electron chi connectivity index (χ1n) is 7.45. The van der Waals surface area contributed by atoms with Gasteiger partial charge in [-0.15, -0.1) is 0 Å². The Morgan fingerprint density at radius 2 is 2.12 bits per heavy atom. The molecule has 1 aromatic heterocycles. The number of amides is 1. The van der Waals surface area contributed by atoms with Gasteiger partial charge in [0.15, 0.2) is 0 Å². The summed E-state index contributed by atoms with van der Waals surface area (Å²) in [7, 11) is -3.67. The number of hydrogen-bond acceptors (Lipinski definition) is 6. The molecule has 1 aliphatic rings. The first-order valence-corrected chi connectivity index (χ1v) is 9.21. The molecular weight excluding hydrogens is 349 g/mol. The van der Waals surface area contributed by atoms with Crippen LogP contribution in [-0.2, 0) is 20.4 Å². The van der Waals surface area contributed by atoms with E-state index < -0.39 is 25.7 Å². The number of anilines is 1. The number of rotatable bonds is 4. The Labute approximate surface area is 142 Å². The molecule has 2 heterocycles. The highest BCUT2D eigenvalue weighted by Crippen LogP contribution is 2.44. The molecule has 1 aromatic carbocycles. The van der Waals surface area contributed by atoms with Gasteiger partial charge in [-0.2, -0.15) is 4.98 Å². The average Bonchev–Trinajstić information content (AvgIpc) is 2.59. The lowest BCUT2D eigenvalue weighted by molar-refractivity contribution is -0.00859. The van der Waals surface area contributed by atoms with Crippen molar-refractivity contribution in [1.82, 2.24) is 9.55 Å². The Morgan fingerprint density at radius 3 is 2.76 bits per heavy atom. The molecule has 2 N–H and O–H groups in total. The van der Waals surface area contributed by atoms with Crippen LogP contribution in [0.15, 0.2) is 47.4 Å². The van der Waals surface area contributed by atoms with Crippen LogP contribution in [0.2, 0.25) is 0 Å². The Bertz CT molecular complexity index is 857. The third-order valence-electron chi connectivity index (χ3n) is 3.49. The molecule has 0 saturated carbocycles. The molecule has 2 aromatic rings. The fraction of sp³-hybridized carbons (Fsp3) is 0.267. The topological polar surface area (TPSA) is 120 Å². The number of carbonyl (C=O) groups is 1. The molecule has 25 heavy (non-hydrogen) atoms. The van der Waals surface area contributed by atoms with E-state index in [4.69, 9.17) is 9.26 Å². The molecule has 1 amide bonds. The SMILES string of the molecule is O=C(Nc1ccn(C[C@H]2COP(=O)(O)CO2)c(=O)n1)c1ccccc1. The van der Waals surface area contributed by atoms with E-state index in [0.29, 0.717) is 5.56 Å². The van der Waals surface area contributed by atoms with Crippen LogP contribution in [0.5, 0.6) is 0 Å². The predicted molar refractivity (Wildman–Crippen MR) is 88.4 cm³/mol. The number of carbonyl (C=O) groups excluding carboxylic acids is 1. The largest absolute Gasteiger partial charge is 0.361 e. The van der Waals surface area contributed by atoms with Gasteiger partial charge in [-0.05, 0) is 18.2 Å². The van der Waals surface area contributed by atoms with Crippen molar-refractivity contribution in [3.05, 3.63) is 58.6 Å². The van der Waals surface area contributed by atoms with Crippen LogP contribution >= 0.6 is 7.60 Å². The van der Waals surface area contributed by atoms with Gasteiger partial charge in [-0.3, -0.25) is 13.9 Å². The summed E-state index contributed by atoms with van der Waals surface area (Å²) >= 11 is 0. The Kier molecular flexibility index (Phi) is 5.10. The van der Waals surface area contributed by atoms with Crippen molar-refractivity contribution < 1.29 is 23.5 Å². The molecule has 0 aliphatic carbocycles. The van der Waals surface area contributed by atoms with Gasteiger partial charge in [0, 0.05) is 11.8 Å². The fourth-order valence-corrected chi connectivity index (χ4v) is 3.10. The maximum Gasteiger partial charge on any atom is 0.353 e. The van der Waals surface area contributed by atoms with Gasteiger partial charge in [0.25, 0.3) is 5.91 Å². The molecule has 9 nitrogen and oxygen atoms in total. The lowest BCUT2D eigenvalue weighted by Crippen LogP contribution is -2.35. The smallest absolute Gasteiger partial charge is 0.353 e. The molecule has 1 fully saturated rings. The summed E-state index contributed by atoms with van der Waals surface area (Å²) in [5.74, 6) is -0.233. The van der Waals surface area contributed by atoms with E-state index in [2.05, 4.69) is 10.3 Å². The van der Waals surface area contributed by atoms with Gasteiger partial charge in [0.1, 0.15) is 18.3 Å². The lowest BCUT2D eigenvalue weighted by Gasteiger charge is -2.26. The van der Waals surface area contributed by atoms with Crippen LogP contribution in [0.25, 0.3) is 0 Å². The van der Waals surface area contributed by atoms with Crippen molar-refractivity contribution in [1.29, 1.82) is 0 Å². The van der Waals surface area contributed by atoms with E-state index in [-0.39, 0.29) is 24.9 Å². The number of nitrogens with zero attached hydrogens (tertiary/aromatic N) is 2. The summed E-state index contributed by atoms with van der Waals surface area (Å²) in [5.41, 5.74) is -0.123. The van der Waals surface area contributed by atoms with Crippen LogP contribution in [0.3, 0.4) is 0 Å². The van der Waals surface area contributed by atoms with E-state index in [1.165, 1.54) is 16.8 Å². The fourth-order valence-electron chi connectivity index (χ4n) is 2.22. The van der Waals surface area contributed by atoms with Crippen molar-refractivity contribution in [3.63, 3.8) is 0 Å². The summed E-state index contributed by atoms with van der Waals surface area (Å²) in [6.07, 6.45) is 0.524. The minimum absolute atomic E-state index is 0.0906. The van der Waals surface area contributed by atoms with Gasteiger partial charge in [-0.1, -0.05) is 18.2 Å². The molecule has 2 atom stereocenters. The highest BCUT2D eigenvalue weighted by Gasteiger charge is 2.30.